The number of hydrogen-bond acceptors (Lipinski definition) is 2. The smallest absolute Gasteiger partial charge is 0.262 e. The predicted molar refractivity (Wildman–Crippen MR) is 88.9 cm³/mol. The van der Waals surface area contributed by atoms with Gasteiger partial charge in [-0.2, -0.15) is 0 Å². The maximum Gasteiger partial charge on any atom is 0.262 e. The predicted octanol–water partition coefficient (Wildman–Crippen LogP) is 3.97. The minimum Gasteiger partial charge on any atom is -0.361 e. The van der Waals surface area contributed by atoms with Crippen molar-refractivity contribution in [2.24, 2.45) is 0 Å². The Bertz CT molecular complexity index is 777. The van der Waals surface area contributed by atoms with Crippen LogP contribution in [0.25, 0.3) is 0 Å². The highest BCUT2D eigenvalue weighted by Gasteiger charge is 2.34. The summed E-state index contributed by atoms with van der Waals surface area (Å²) in [7, 11) is 0. The third-order valence-electron chi connectivity index (χ3n) is 4.11. The van der Waals surface area contributed by atoms with E-state index < -0.39 is 0 Å². The van der Waals surface area contributed by atoms with E-state index in [-0.39, 0.29) is 12.1 Å². The van der Waals surface area contributed by atoms with Crippen LogP contribution in [0.5, 0.6) is 0 Å². The zero-order valence-electron chi connectivity index (χ0n) is 12.1. The van der Waals surface area contributed by atoms with E-state index in [1.807, 2.05) is 65.6 Å². The van der Waals surface area contributed by atoms with Gasteiger partial charge in [0.15, 0.2) is 0 Å². The Morgan fingerprint density at radius 1 is 1.00 bits per heavy atom. The summed E-state index contributed by atoms with van der Waals surface area (Å²) in [5, 5.41) is 3.51. The number of carbonyl (C=O) groups excluding carboxylic acids is 1. The lowest BCUT2D eigenvalue weighted by Gasteiger charge is -2.38. The fourth-order valence-electron chi connectivity index (χ4n) is 3.03. The van der Waals surface area contributed by atoms with Crippen LogP contribution in [0.1, 0.15) is 16.8 Å². The van der Waals surface area contributed by atoms with Gasteiger partial charge < -0.3 is 5.32 Å². The van der Waals surface area contributed by atoms with E-state index in [1.54, 1.807) is 0 Å². The van der Waals surface area contributed by atoms with Gasteiger partial charge >= 0.3 is 0 Å². The van der Waals surface area contributed by atoms with Crippen molar-refractivity contribution in [2.75, 3.05) is 10.2 Å². The van der Waals surface area contributed by atoms with Crippen molar-refractivity contribution in [3.05, 3.63) is 84.0 Å². The van der Waals surface area contributed by atoms with Crippen molar-refractivity contribution in [3.63, 3.8) is 0 Å². The molecular formula is C19H16N2O. The molecule has 1 aliphatic carbocycles. The summed E-state index contributed by atoms with van der Waals surface area (Å²) in [6.45, 7) is 0. The van der Waals surface area contributed by atoms with Crippen molar-refractivity contribution >= 4 is 17.3 Å². The molecule has 108 valence electrons. The van der Waals surface area contributed by atoms with Crippen LogP contribution >= 0.6 is 0 Å². The Kier molecular flexibility index (Phi) is 3.04. The summed E-state index contributed by atoms with van der Waals surface area (Å²) in [5.41, 5.74) is 3.73. The fourth-order valence-corrected chi connectivity index (χ4v) is 3.03. The average molecular weight is 288 g/mol. The van der Waals surface area contributed by atoms with Crippen LogP contribution in [-0.2, 0) is 0 Å². The van der Waals surface area contributed by atoms with Crippen LogP contribution in [0.3, 0.4) is 0 Å². The molecule has 0 fully saturated rings. The fraction of sp³-hybridized carbons (Fsp3) is 0.105. The van der Waals surface area contributed by atoms with Gasteiger partial charge in [0.25, 0.3) is 5.91 Å². The molecule has 1 amide bonds. The largest absolute Gasteiger partial charge is 0.361 e. The van der Waals surface area contributed by atoms with E-state index in [1.165, 1.54) is 5.57 Å². The second kappa shape index (κ2) is 5.19. The summed E-state index contributed by atoms with van der Waals surface area (Å²) in [5.74, 6) is 0.0401. The monoisotopic (exact) mass is 288 g/mol. The minimum atomic E-state index is -0.139. The van der Waals surface area contributed by atoms with Crippen LogP contribution in [-0.4, -0.2) is 12.1 Å². The van der Waals surface area contributed by atoms with E-state index in [0.29, 0.717) is 5.56 Å². The number of fused-ring (bicyclic) bond motifs is 1. The van der Waals surface area contributed by atoms with Gasteiger partial charge in [-0.3, -0.25) is 9.69 Å². The number of allylic oxidation sites excluding steroid dienone is 3. The molecule has 2 aromatic carbocycles. The number of rotatable bonds is 2. The number of amides is 1. The Morgan fingerprint density at radius 3 is 2.55 bits per heavy atom. The summed E-state index contributed by atoms with van der Waals surface area (Å²) in [6, 6.07) is 17.5. The van der Waals surface area contributed by atoms with Gasteiger partial charge in [-0.15, -0.1) is 0 Å². The maximum absolute atomic E-state index is 13.0. The quantitative estimate of drug-likeness (QED) is 0.906. The number of benzene rings is 2. The summed E-state index contributed by atoms with van der Waals surface area (Å²) >= 11 is 0. The SMILES string of the molecule is O=C1c2ccccc2NC(C2=CC=CC2)N1c1ccccc1. The minimum absolute atomic E-state index is 0.0401. The van der Waals surface area contributed by atoms with E-state index in [0.717, 1.165) is 17.8 Å². The summed E-state index contributed by atoms with van der Waals surface area (Å²) in [4.78, 5) is 14.9. The number of hydrogen-bond donors (Lipinski definition) is 1. The molecule has 3 nitrogen and oxygen atoms in total. The molecule has 1 heterocycles. The van der Waals surface area contributed by atoms with E-state index in [2.05, 4.69) is 17.5 Å². The molecule has 0 saturated heterocycles. The molecule has 1 N–H and O–H groups in total. The molecule has 3 heteroatoms. The molecule has 1 unspecified atom stereocenters. The average Bonchev–Trinajstić information content (AvgIpc) is 3.10. The normalized spacial score (nSPS) is 19.6. The number of nitrogens with zero attached hydrogens (tertiary/aromatic N) is 1. The summed E-state index contributed by atoms with van der Waals surface area (Å²) in [6.07, 6.45) is 6.99. The molecule has 22 heavy (non-hydrogen) atoms. The second-order valence-electron chi connectivity index (χ2n) is 5.48. The zero-order valence-corrected chi connectivity index (χ0v) is 12.1. The van der Waals surface area contributed by atoms with Crippen LogP contribution in [0.4, 0.5) is 11.4 Å². The highest BCUT2D eigenvalue weighted by atomic mass is 16.2. The van der Waals surface area contributed by atoms with Gasteiger partial charge in [-0.05, 0) is 36.3 Å². The highest BCUT2D eigenvalue weighted by molar-refractivity contribution is 6.12. The Morgan fingerprint density at radius 2 is 1.77 bits per heavy atom. The molecule has 0 spiro atoms. The molecule has 1 aliphatic heterocycles. The molecule has 0 aromatic heterocycles. The third-order valence-corrected chi connectivity index (χ3v) is 4.11. The van der Waals surface area contributed by atoms with E-state index in [4.69, 9.17) is 0 Å². The first-order valence-electron chi connectivity index (χ1n) is 7.44. The van der Waals surface area contributed by atoms with Crippen LogP contribution in [0.15, 0.2) is 78.4 Å². The van der Waals surface area contributed by atoms with Crippen LogP contribution in [0.2, 0.25) is 0 Å². The lowest BCUT2D eigenvalue weighted by molar-refractivity contribution is 0.0978. The van der Waals surface area contributed by atoms with Gasteiger partial charge in [0.05, 0.1) is 5.56 Å². The van der Waals surface area contributed by atoms with E-state index >= 15 is 0 Å². The van der Waals surface area contributed by atoms with Gasteiger partial charge in [-0.25, -0.2) is 0 Å². The summed E-state index contributed by atoms with van der Waals surface area (Å²) < 4.78 is 0. The van der Waals surface area contributed by atoms with Crippen molar-refractivity contribution in [1.82, 2.24) is 0 Å². The number of nitrogens with one attached hydrogen (secondary N) is 1. The first kappa shape index (κ1) is 12.9. The first-order valence-corrected chi connectivity index (χ1v) is 7.44. The molecule has 4 rings (SSSR count). The lowest BCUT2D eigenvalue weighted by atomic mass is 10.0. The number of para-hydroxylation sites is 2. The molecule has 2 aliphatic rings. The van der Waals surface area contributed by atoms with Crippen molar-refractivity contribution < 1.29 is 4.79 Å². The standard InChI is InChI=1S/C19H16N2O/c22-19-16-12-6-7-13-17(16)20-18(14-8-4-5-9-14)21(19)15-10-2-1-3-11-15/h1-8,10-13,18,20H,9H2. The Balaban J connectivity index is 1.83. The van der Waals surface area contributed by atoms with E-state index in [9.17, 15) is 4.79 Å². The second-order valence-corrected chi connectivity index (χ2v) is 5.48. The van der Waals surface area contributed by atoms with Gasteiger partial charge in [0.2, 0.25) is 0 Å². The van der Waals surface area contributed by atoms with Gasteiger partial charge in [0.1, 0.15) is 6.17 Å². The third kappa shape index (κ3) is 2.02. The number of carbonyl (C=O) groups is 1. The van der Waals surface area contributed by atoms with Crippen molar-refractivity contribution in [1.29, 1.82) is 0 Å². The Hall–Kier alpha value is -2.81. The molecule has 0 saturated carbocycles. The molecule has 2 aromatic rings. The number of anilines is 2. The van der Waals surface area contributed by atoms with Crippen LogP contribution < -0.4 is 10.2 Å². The van der Waals surface area contributed by atoms with Crippen molar-refractivity contribution in [2.45, 2.75) is 12.6 Å². The maximum atomic E-state index is 13.0. The molecule has 0 radical (unpaired) electrons. The molecular weight excluding hydrogens is 272 g/mol. The van der Waals surface area contributed by atoms with Crippen LogP contribution in [0, 0.1) is 0 Å². The van der Waals surface area contributed by atoms with Gasteiger partial charge in [0, 0.05) is 11.4 Å². The first-order chi connectivity index (χ1) is 10.8. The van der Waals surface area contributed by atoms with Gasteiger partial charge in [-0.1, -0.05) is 48.6 Å². The lowest BCUT2D eigenvalue weighted by Crippen LogP contribution is -2.50. The highest BCUT2D eigenvalue weighted by Crippen LogP contribution is 2.33. The zero-order chi connectivity index (χ0) is 14.9. The molecule has 0 bridgehead atoms. The molecule has 1 atom stereocenters. The topological polar surface area (TPSA) is 32.3 Å². The van der Waals surface area contributed by atoms with Crippen molar-refractivity contribution in [3.8, 4) is 0 Å². The Labute approximate surface area is 129 Å².